The maximum atomic E-state index is 12.1. The Bertz CT molecular complexity index is 646. The molecular formula is C14H13BrN2OS. The van der Waals surface area contributed by atoms with Crippen LogP contribution in [0.4, 0.5) is 0 Å². The normalized spacial score (nSPS) is 17.3. The fourth-order valence-electron chi connectivity index (χ4n) is 2.33. The van der Waals surface area contributed by atoms with Crippen molar-refractivity contribution in [2.75, 3.05) is 0 Å². The highest BCUT2D eigenvalue weighted by atomic mass is 79.9. The Labute approximate surface area is 124 Å². The fourth-order valence-corrected chi connectivity index (χ4v) is 3.56. The average Bonchev–Trinajstić information content (AvgIpc) is 2.72. The number of hydrogen-bond acceptors (Lipinski definition) is 4. The lowest BCUT2D eigenvalue weighted by Gasteiger charge is -2.26. The summed E-state index contributed by atoms with van der Waals surface area (Å²) in [7, 11) is 0. The van der Waals surface area contributed by atoms with Crippen molar-refractivity contribution in [1.82, 2.24) is 9.97 Å². The van der Waals surface area contributed by atoms with Crippen molar-refractivity contribution < 1.29 is 4.79 Å². The number of carbonyl (C=O) groups is 1. The number of rotatable bonds is 1. The lowest BCUT2D eigenvalue weighted by Crippen LogP contribution is -2.25. The lowest BCUT2D eigenvalue weighted by atomic mass is 9.78. The van der Waals surface area contributed by atoms with E-state index in [-0.39, 0.29) is 11.2 Å². The summed E-state index contributed by atoms with van der Waals surface area (Å²) in [5, 5.41) is 0.837. The molecule has 1 aliphatic rings. The highest BCUT2D eigenvalue weighted by Gasteiger charge is 2.34. The molecule has 3 rings (SSSR count). The maximum Gasteiger partial charge on any atom is 0.175 e. The van der Waals surface area contributed by atoms with Crippen molar-refractivity contribution in [1.29, 1.82) is 0 Å². The Kier molecular flexibility index (Phi) is 3.06. The zero-order valence-corrected chi connectivity index (χ0v) is 13.1. The molecule has 0 aliphatic heterocycles. The molecule has 0 atom stereocenters. The van der Waals surface area contributed by atoms with Gasteiger partial charge < -0.3 is 0 Å². The van der Waals surface area contributed by atoms with Crippen LogP contribution in [0.1, 0.15) is 35.6 Å². The summed E-state index contributed by atoms with van der Waals surface area (Å²) in [5.41, 5.74) is 1.78. The summed E-state index contributed by atoms with van der Waals surface area (Å²) in [6.07, 6.45) is 3.22. The van der Waals surface area contributed by atoms with Crippen LogP contribution in [0.2, 0.25) is 0 Å². The Hall–Kier alpha value is -1.07. The first-order chi connectivity index (χ1) is 8.94. The number of hydrogen-bond donors (Lipinski definition) is 0. The molecule has 19 heavy (non-hydrogen) atoms. The van der Waals surface area contributed by atoms with Crippen molar-refractivity contribution in [3.63, 3.8) is 0 Å². The minimum atomic E-state index is 0.0164. The molecule has 0 amide bonds. The number of pyridine rings is 1. The third-order valence-corrected chi connectivity index (χ3v) is 4.81. The van der Waals surface area contributed by atoms with Crippen LogP contribution in [0.3, 0.4) is 0 Å². The molecule has 0 bridgehead atoms. The van der Waals surface area contributed by atoms with Crippen LogP contribution in [0, 0.1) is 5.41 Å². The second kappa shape index (κ2) is 4.49. The smallest absolute Gasteiger partial charge is 0.175 e. The summed E-state index contributed by atoms with van der Waals surface area (Å²) in [4.78, 5) is 21.9. The lowest BCUT2D eigenvalue weighted by molar-refractivity contribution is 0.0916. The number of fused-ring (bicyclic) bond motifs is 1. The second-order valence-electron chi connectivity index (χ2n) is 5.60. The van der Waals surface area contributed by atoms with Gasteiger partial charge in [0.15, 0.2) is 5.78 Å². The van der Waals surface area contributed by atoms with Crippen molar-refractivity contribution in [2.24, 2.45) is 5.41 Å². The highest BCUT2D eigenvalue weighted by molar-refractivity contribution is 9.10. The summed E-state index contributed by atoms with van der Waals surface area (Å²) >= 11 is 4.83. The topological polar surface area (TPSA) is 42.9 Å². The van der Waals surface area contributed by atoms with Gasteiger partial charge in [-0.05, 0) is 39.9 Å². The van der Waals surface area contributed by atoms with E-state index >= 15 is 0 Å². The Balaban J connectivity index is 2.03. The van der Waals surface area contributed by atoms with Crippen LogP contribution in [0.25, 0.3) is 10.7 Å². The molecule has 0 unspecified atom stereocenters. The van der Waals surface area contributed by atoms with Gasteiger partial charge in [-0.1, -0.05) is 13.8 Å². The van der Waals surface area contributed by atoms with Crippen molar-refractivity contribution in [3.05, 3.63) is 33.4 Å². The van der Waals surface area contributed by atoms with E-state index in [4.69, 9.17) is 0 Å². The van der Waals surface area contributed by atoms with Crippen LogP contribution < -0.4 is 0 Å². The van der Waals surface area contributed by atoms with Crippen molar-refractivity contribution in [2.45, 2.75) is 26.7 Å². The number of halogens is 1. The molecule has 2 aromatic heterocycles. The van der Waals surface area contributed by atoms with Crippen molar-refractivity contribution >= 4 is 33.0 Å². The van der Waals surface area contributed by atoms with Gasteiger partial charge in [0.25, 0.3) is 0 Å². The molecule has 3 nitrogen and oxygen atoms in total. The molecular weight excluding hydrogens is 324 g/mol. The van der Waals surface area contributed by atoms with Crippen LogP contribution in [0.5, 0.6) is 0 Å². The summed E-state index contributed by atoms with van der Waals surface area (Å²) in [6.45, 7) is 4.23. The number of nitrogens with zero attached hydrogens (tertiary/aromatic N) is 2. The summed E-state index contributed by atoms with van der Waals surface area (Å²) in [5.74, 6) is 0.215. The number of ketones is 1. The number of aromatic nitrogens is 2. The van der Waals surface area contributed by atoms with Gasteiger partial charge in [0.1, 0.15) is 5.01 Å². The maximum absolute atomic E-state index is 12.1. The first-order valence-electron chi connectivity index (χ1n) is 6.09. The van der Waals surface area contributed by atoms with Gasteiger partial charge >= 0.3 is 0 Å². The van der Waals surface area contributed by atoms with Gasteiger partial charge in [-0.25, -0.2) is 4.98 Å². The molecule has 0 saturated heterocycles. The first-order valence-corrected chi connectivity index (χ1v) is 7.70. The zero-order chi connectivity index (χ0) is 13.6. The van der Waals surface area contributed by atoms with Crippen LogP contribution in [-0.2, 0) is 6.42 Å². The van der Waals surface area contributed by atoms with E-state index in [0.717, 1.165) is 32.2 Å². The molecule has 0 N–H and O–H groups in total. The molecule has 0 fully saturated rings. The predicted molar refractivity (Wildman–Crippen MR) is 79.5 cm³/mol. The SMILES string of the molecule is CC1(C)CC(=O)c2sc(-c3ccc(Br)cn3)nc2C1. The summed E-state index contributed by atoms with van der Waals surface area (Å²) in [6, 6.07) is 3.86. The van der Waals surface area contributed by atoms with E-state index in [2.05, 4.69) is 39.7 Å². The third-order valence-electron chi connectivity index (χ3n) is 3.18. The fraction of sp³-hybridized carbons (Fsp3) is 0.357. The number of thiazole rings is 1. The molecule has 2 aromatic rings. The van der Waals surface area contributed by atoms with Gasteiger partial charge in [0.2, 0.25) is 0 Å². The van der Waals surface area contributed by atoms with Crippen LogP contribution in [0.15, 0.2) is 22.8 Å². The molecule has 0 radical (unpaired) electrons. The quantitative estimate of drug-likeness (QED) is 0.786. The highest BCUT2D eigenvalue weighted by Crippen LogP contribution is 2.39. The standard InChI is InChI=1S/C14H13BrN2OS/c1-14(2)5-10-12(11(18)6-14)19-13(17-10)9-4-3-8(15)7-16-9/h3-4,7H,5-6H2,1-2H3. The minimum absolute atomic E-state index is 0.0164. The van der Waals surface area contributed by atoms with E-state index in [1.165, 1.54) is 11.3 Å². The monoisotopic (exact) mass is 336 g/mol. The Morgan fingerprint density at radius 2 is 2.11 bits per heavy atom. The van der Waals surface area contributed by atoms with Crippen LogP contribution in [-0.4, -0.2) is 15.8 Å². The van der Waals surface area contributed by atoms with E-state index < -0.39 is 0 Å². The van der Waals surface area contributed by atoms with Gasteiger partial charge in [-0.2, -0.15) is 0 Å². The van der Waals surface area contributed by atoms with E-state index in [0.29, 0.717) is 6.42 Å². The molecule has 2 heterocycles. The summed E-state index contributed by atoms with van der Waals surface area (Å²) < 4.78 is 0.940. The molecule has 98 valence electrons. The van der Waals surface area contributed by atoms with Crippen molar-refractivity contribution in [3.8, 4) is 10.7 Å². The van der Waals surface area contributed by atoms with E-state index in [9.17, 15) is 4.79 Å². The Morgan fingerprint density at radius 1 is 1.32 bits per heavy atom. The number of carbonyl (C=O) groups excluding carboxylic acids is 1. The second-order valence-corrected chi connectivity index (χ2v) is 7.51. The zero-order valence-electron chi connectivity index (χ0n) is 10.7. The van der Waals surface area contributed by atoms with E-state index in [1.54, 1.807) is 6.20 Å². The van der Waals surface area contributed by atoms with Gasteiger partial charge in [0.05, 0.1) is 16.3 Å². The minimum Gasteiger partial charge on any atom is -0.293 e. The molecule has 0 saturated carbocycles. The molecule has 5 heteroatoms. The van der Waals surface area contributed by atoms with Gasteiger partial charge in [-0.3, -0.25) is 9.78 Å². The predicted octanol–water partition coefficient (Wildman–Crippen LogP) is 4.12. The Morgan fingerprint density at radius 3 is 2.79 bits per heavy atom. The molecule has 0 spiro atoms. The third kappa shape index (κ3) is 2.49. The average molecular weight is 337 g/mol. The molecule has 1 aliphatic carbocycles. The number of Topliss-reactive ketones (excluding diaryl/α,β-unsaturated/α-hetero) is 1. The molecule has 0 aromatic carbocycles. The largest absolute Gasteiger partial charge is 0.293 e. The van der Waals surface area contributed by atoms with Gasteiger partial charge in [0, 0.05) is 17.1 Å². The first kappa shape index (κ1) is 12.9. The van der Waals surface area contributed by atoms with Gasteiger partial charge in [-0.15, -0.1) is 11.3 Å². The van der Waals surface area contributed by atoms with Crippen LogP contribution >= 0.6 is 27.3 Å². The van der Waals surface area contributed by atoms with E-state index in [1.807, 2.05) is 12.1 Å².